The van der Waals surface area contributed by atoms with E-state index in [9.17, 15) is 9.59 Å². The van der Waals surface area contributed by atoms with Crippen LogP contribution in [0.4, 0.5) is 0 Å². The molecule has 0 fully saturated rings. The van der Waals surface area contributed by atoms with Gasteiger partial charge in [0.25, 0.3) is 11.8 Å². The van der Waals surface area contributed by atoms with Crippen molar-refractivity contribution in [3.05, 3.63) is 89.5 Å². The minimum atomic E-state index is -0.756. The van der Waals surface area contributed by atoms with Crippen LogP contribution in [0.5, 0.6) is 17.2 Å². The summed E-state index contributed by atoms with van der Waals surface area (Å²) in [5.74, 6) is 1.38. The van der Waals surface area contributed by atoms with Gasteiger partial charge in [-0.05, 0) is 72.6 Å². The lowest BCUT2D eigenvalue weighted by Gasteiger charge is -2.21. The van der Waals surface area contributed by atoms with Crippen molar-refractivity contribution in [2.45, 2.75) is 25.9 Å². The maximum Gasteiger partial charge on any atom is 0.253 e. The SMILES string of the molecule is CCCCOc1ccc(C(NC(=O)c2ccc(OC)cc2)NC(=O)c2ccc(OC)cc2)cc1. The van der Waals surface area contributed by atoms with Crippen LogP contribution >= 0.6 is 0 Å². The second-order valence-corrected chi connectivity index (χ2v) is 7.61. The number of hydrogen-bond acceptors (Lipinski definition) is 5. The summed E-state index contributed by atoms with van der Waals surface area (Å²) in [7, 11) is 3.13. The largest absolute Gasteiger partial charge is 0.497 e. The van der Waals surface area contributed by atoms with Crippen molar-refractivity contribution in [3.8, 4) is 17.2 Å². The number of carbonyl (C=O) groups excluding carboxylic acids is 2. The molecule has 0 aromatic heterocycles. The van der Waals surface area contributed by atoms with Gasteiger partial charge in [-0.3, -0.25) is 9.59 Å². The normalized spacial score (nSPS) is 10.5. The van der Waals surface area contributed by atoms with Gasteiger partial charge in [-0.1, -0.05) is 25.5 Å². The first-order valence-electron chi connectivity index (χ1n) is 11.2. The lowest BCUT2D eigenvalue weighted by molar-refractivity contribution is 0.0883. The van der Waals surface area contributed by atoms with E-state index < -0.39 is 6.17 Å². The molecule has 0 saturated heterocycles. The summed E-state index contributed by atoms with van der Waals surface area (Å²) in [5, 5.41) is 5.81. The van der Waals surface area contributed by atoms with Gasteiger partial charge in [0.05, 0.1) is 20.8 Å². The number of unbranched alkanes of at least 4 members (excludes halogenated alkanes) is 1. The van der Waals surface area contributed by atoms with E-state index >= 15 is 0 Å². The van der Waals surface area contributed by atoms with Crippen molar-refractivity contribution >= 4 is 11.8 Å². The summed E-state index contributed by atoms with van der Waals surface area (Å²) in [6, 6.07) is 20.8. The molecule has 0 radical (unpaired) electrons. The highest BCUT2D eigenvalue weighted by molar-refractivity contribution is 5.97. The molecule has 3 rings (SSSR count). The fourth-order valence-electron chi connectivity index (χ4n) is 3.21. The highest BCUT2D eigenvalue weighted by Crippen LogP contribution is 2.19. The van der Waals surface area contributed by atoms with Crippen molar-refractivity contribution in [1.29, 1.82) is 0 Å². The summed E-state index contributed by atoms with van der Waals surface area (Å²) in [5.41, 5.74) is 1.61. The third-order valence-electron chi connectivity index (χ3n) is 5.24. The zero-order valence-electron chi connectivity index (χ0n) is 19.7. The first kappa shape index (κ1) is 24.6. The van der Waals surface area contributed by atoms with Crippen molar-refractivity contribution in [1.82, 2.24) is 10.6 Å². The monoisotopic (exact) mass is 462 g/mol. The maximum atomic E-state index is 12.9. The molecule has 3 aromatic carbocycles. The topological polar surface area (TPSA) is 85.9 Å². The van der Waals surface area contributed by atoms with Gasteiger partial charge in [-0.25, -0.2) is 0 Å². The van der Waals surface area contributed by atoms with Crippen molar-refractivity contribution in [2.75, 3.05) is 20.8 Å². The number of ether oxygens (including phenoxy) is 3. The smallest absolute Gasteiger partial charge is 0.253 e. The Morgan fingerprint density at radius 2 is 1.15 bits per heavy atom. The summed E-state index contributed by atoms with van der Waals surface area (Å²) in [6.45, 7) is 2.75. The molecule has 0 spiro atoms. The Hall–Kier alpha value is -4.00. The molecule has 0 aliphatic carbocycles. The molecule has 0 heterocycles. The number of benzene rings is 3. The van der Waals surface area contributed by atoms with Crippen LogP contribution in [-0.2, 0) is 0 Å². The van der Waals surface area contributed by atoms with Crippen LogP contribution in [0, 0.1) is 0 Å². The fourth-order valence-corrected chi connectivity index (χ4v) is 3.21. The Bertz CT molecular complexity index is 1000. The molecule has 0 saturated carbocycles. The van der Waals surface area contributed by atoms with Crippen molar-refractivity contribution in [2.24, 2.45) is 0 Å². The lowest BCUT2D eigenvalue weighted by Crippen LogP contribution is -2.41. The quantitative estimate of drug-likeness (QED) is 0.318. The Morgan fingerprint density at radius 3 is 1.56 bits per heavy atom. The summed E-state index contributed by atoms with van der Waals surface area (Å²) in [4.78, 5) is 25.9. The standard InChI is InChI=1S/C27H30N2O5/c1-4-5-18-34-24-16-6-19(7-17-24)25(28-26(30)20-8-12-22(32-2)13-9-20)29-27(31)21-10-14-23(33-3)15-11-21/h6-17,25H,4-5,18H2,1-3H3,(H,28,30)(H,29,31). The third-order valence-corrected chi connectivity index (χ3v) is 5.24. The second kappa shape index (κ2) is 12.3. The van der Waals surface area contributed by atoms with E-state index in [1.807, 2.05) is 24.3 Å². The van der Waals surface area contributed by atoms with E-state index in [-0.39, 0.29) is 11.8 Å². The molecule has 0 atom stereocenters. The van der Waals surface area contributed by atoms with Crippen LogP contribution in [0.15, 0.2) is 72.8 Å². The van der Waals surface area contributed by atoms with Gasteiger partial charge in [0, 0.05) is 11.1 Å². The minimum absolute atomic E-state index is 0.328. The second-order valence-electron chi connectivity index (χ2n) is 7.61. The van der Waals surface area contributed by atoms with Crippen LogP contribution in [0.2, 0.25) is 0 Å². The lowest BCUT2D eigenvalue weighted by atomic mass is 10.1. The molecule has 0 bridgehead atoms. The molecule has 7 heteroatoms. The molecule has 0 unspecified atom stereocenters. The third kappa shape index (κ3) is 6.75. The molecule has 0 aliphatic heterocycles. The van der Waals surface area contributed by atoms with Gasteiger partial charge < -0.3 is 24.8 Å². The number of amides is 2. The van der Waals surface area contributed by atoms with E-state index in [0.29, 0.717) is 34.8 Å². The summed E-state index contributed by atoms with van der Waals surface area (Å²) < 4.78 is 16.0. The first-order valence-corrected chi connectivity index (χ1v) is 11.2. The Morgan fingerprint density at radius 1 is 0.706 bits per heavy atom. The van der Waals surface area contributed by atoms with E-state index in [1.54, 1.807) is 62.8 Å². The Labute approximate surface area is 200 Å². The number of rotatable bonds is 11. The number of methoxy groups -OCH3 is 2. The zero-order valence-corrected chi connectivity index (χ0v) is 19.7. The predicted molar refractivity (Wildman–Crippen MR) is 131 cm³/mol. The zero-order chi connectivity index (χ0) is 24.3. The Balaban J connectivity index is 1.79. The molecule has 2 amide bonds. The highest BCUT2D eigenvalue weighted by atomic mass is 16.5. The van der Waals surface area contributed by atoms with E-state index in [0.717, 1.165) is 18.6 Å². The molecule has 2 N–H and O–H groups in total. The fraction of sp³-hybridized carbons (Fsp3) is 0.259. The van der Waals surface area contributed by atoms with Crippen molar-refractivity contribution < 1.29 is 23.8 Å². The van der Waals surface area contributed by atoms with E-state index in [2.05, 4.69) is 17.6 Å². The first-order chi connectivity index (χ1) is 16.5. The van der Waals surface area contributed by atoms with E-state index in [4.69, 9.17) is 14.2 Å². The number of nitrogens with one attached hydrogen (secondary N) is 2. The average molecular weight is 463 g/mol. The van der Waals surface area contributed by atoms with Crippen LogP contribution < -0.4 is 24.8 Å². The van der Waals surface area contributed by atoms with Crippen LogP contribution in [-0.4, -0.2) is 32.6 Å². The van der Waals surface area contributed by atoms with E-state index in [1.165, 1.54) is 0 Å². The van der Waals surface area contributed by atoms with Crippen LogP contribution in [0.3, 0.4) is 0 Å². The van der Waals surface area contributed by atoms with Gasteiger partial charge in [0.15, 0.2) is 0 Å². The Kier molecular flexibility index (Phi) is 8.91. The molecule has 7 nitrogen and oxygen atoms in total. The predicted octanol–water partition coefficient (Wildman–Crippen LogP) is 4.74. The van der Waals surface area contributed by atoms with Gasteiger partial charge in [0.1, 0.15) is 23.4 Å². The molecule has 178 valence electrons. The highest BCUT2D eigenvalue weighted by Gasteiger charge is 2.19. The van der Waals surface area contributed by atoms with Gasteiger partial charge in [-0.15, -0.1) is 0 Å². The molecule has 34 heavy (non-hydrogen) atoms. The summed E-state index contributed by atoms with van der Waals surface area (Å²) >= 11 is 0. The molecular formula is C27H30N2O5. The van der Waals surface area contributed by atoms with Gasteiger partial charge >= 0.3 is 0 Å². The van der Waals surface area contributed by atoms with Gasteiger partial charge in [0.2, 0.25) is 0 Å². The minimum Gasteiger partial charge on any atom is -0.497 e. The number of hydrogen-bond donors (Lipinski definition) is 2. The van der Waals surface area contributed by atoms with Gasteiger partial charge in [-0.2, -0.15) is 0 Å². The summed E-state index contributed by atoms with van der Waals surface area (Å²) in [6.07, 6.45) is 1.27. The number of carbonyl (C=O) groups is 2. The molecule has 3 aromatic rings. The molecular weight excluding hydrogens is 432 g/mol. The van der Waals surface area contributed by atoms with Crippen molar-refractivity contribution in [3.63, 3.8) is 0 Å². The average Bonchev–Trinajstić information content (AvgIpc) is 2.89. The van der Waals surface area contributed by atoms with Crippen LogP contribution in [0.25, 0.3) is 0 Å². The molecule has 0 aliphatic rings. The maximum absolute atomic E-state index is 12.9. The van der Waals surface area contributed by atoms with Crippen LogP contribution in [0.1, 0.15) is 52.2 Å².